The standard InChI is InChI=1S/C25H36N4O3/c1-5-32-24-15-19(11-12-23(24)31-4)17-27-25(26-2)28-18-22(29-13-6-7-14-29)20-9-8-10-21(16-20)30-3/h8-12,15-16,22H,5-7,13-14,17-18H2,1-4H3,(H2,26,27,28). The number of ether oxygens (including phenoxy) is 3. The van der Waals surface area contributed by atoms with E-state index in [2.05, 4.69) is 38.7 Å². The second-order valence-corrected chi connectivity index (χ2v) is 7.76. The molecule has 2 N–H and O–H groups in total. The van der Waals surface area contributed by atoms with Gasteiger partial charge in [-0.3, -0.25) is 9.89 Å². The number of likely N-dealkylation sites (tertiary alicyclic amines) is 1. The molecular weight excluding hydrogens is 404 g/mol. The van der Waals surface area contributed by atoms with Crippen LogP contribution in [0, 0.1) is 0 Å². The van der Waals surface area contributed by atoms with E-state index >= 15 is 0 Å². The third-order valence-corrected chi connectivity index (χ3v) is 5.73. The highest BCUT2D eigenvalue weighted by atomic mass is 16.5. The molecule has 1 atom stereocenters. The summed E-state index contributed by atoms with van der Waals surface area (Å²) in [5.41, 5.74) is 2.35. The first kappa shape index (κ1) is 23.7. The van der Waals surface area contributed by atoms with Crippen LogP contribution >= 0.6 is 0 Å². The molecule has 32 heavy (non-hydrogen) atoms. The zero-order chi connectivity index (χ0) is 22.8. The summed E-state index contributed by atoms with van der Waals surface area (Å²) < 4.78 is 16.5. The molecule has 1 heterocycles. The number of nitrogens with one attached hydrogen (secondary N) is 2. The Morgan fingerprint density at radius 3 is 2.53 bits per heavy atom. The lowest BCUT2D eigenvalue weighted by Gasteiger charge is -2.29. The topological polar surface area (TPSA) is 67.3 Å². The first-order valence-electron chi connectivity index (χ1n) is 11.3. The van der Waals surface area contributed by atoms with Crippen molar-refractivity contribution < 1.29 is 14.2 Å². The molecule has 1 unspecified atom stereocenters. The molecule has 2 aromatic carbocycles. The van der Waals surface area contributed by atoms with E-state index < -0.39 is 0 Å². The summed E-state index contributed by atoms with van der Waals surface area (Å²) in [6.07, 6.45) is 2.49. The lowest BCUT2D eigenvalue weighted by Crippen LogP contribution is -2.42. The van der Waals surface area contributed by atoms with Gasteiger partial charge in [-0.2, -0.15) is 0 Å². The number of hydrogen-bond acceptors (Lipinski definition) is 5. The van der Waals surface area contributed by atoms with Gasteiger partial charge < -0.3 is 24.8 Å². The van der Waals surface area contributed by atoms with E-state index in [1.54, 1.807) is 21.3 Å². The summed E-state index contributed by atoms with van der Waals surface area (Å²) in [6.45, 7) is 6.19. The molecule has 0 aromatic heterocycles. The van der Waals surface area contributed by atoms with E-state index in [-0.39, 0.29) is 6.04 Å². The van der Waals surface area contributed by atoms with Crippen LogP contribution in [0.25, 0.3) is 0 Å². The Balaban J connectivity index is 1.64. The Bertz CT molecular complexity index is 881. The Labute approximate surface area is 191 Å². The maximum atomic E-state index is 5.69. The quantitative estimate of drug-likeness (QED) is 0.435. The molecule has 7 heteroatoms. The number of aliphatic imine (C=N–C) groups is 1. The van der Waals surface area contributed by atoms with Crippen molar-refractivity contribution in [1.82, 2.24) is 15.5 Å². The second kappa shape index (κ2) is 12.2. The normalized spacial score (nSPS) is 15.3. The highest BCUT2D eigenvalue weighted by Crippen LogP contribution is 2.28. The van der Waals surface area contributed by atoms with Crippen LogP contribution in [0.15, 0.2) is 47.5 Å². The number of methoxy groups -OCH3 is 2. The van der Waals surface area contributed by atoms with Crippen molar-refractivity contribution in [1.29, 1.82) is 0 Å². The molecule has 1 aliphatic rings. The van der Waals surface area contributed by atoms with Gasteiger partial charge in [0.25, 0.3) is 0 Å². The lowest BCUT2D eigenvalue weighted by molar-refractivity contribution is 0.245. The van der Waals surface area contributed by atoms with Crippen LogP contribution < -0.4 is 24.8 Å². The van der Waals surface area contributed by atoms with Crippen molar-refractivity contribution in [2.24, 2.45) is 4.99 Å². The third-order valence-electron chi connectivity index (χ3n) is 5.73. The van der Waals surface area contributed by atoms with Crippen molar-refractivity contribution in [3.8, 4) is 17.2 Å². The molecule has 174 valence electrons. The number of nitrogens with zero attached hydrogens (tertiary/aromatic N) is 2. The summed E-state index contributed by atoms with van der Waals surface area (Å²) in [5.74, 6) is 3.15. The van der Waals surface area contributed by atoms with Crippen LogP contribution in [0.3, 0.4) is 0 Å². The Morgan fingerprint density at radius 1 is 1.03 bits per heavy atom. The summed E-state index contributed by atoms with van der Waals surface area (Å²) in [5, 5.41) is 6.93. The van der Waals surface area contributed by atoms with Gasteiger partial charge in [-0.1, -0.05) is 18.2 Å². The average molecular weight is 441 g/mol. The molecule has 0 spiro atoms. The van der Waals surface area contributed by atoms with E-state index in [9.17, 15) is 0 Å². The van der Waals surface area contributed by atoms with Gasteiger partial charge in [-0.05, 0) is 68.2 Å². The monoisotopic (exact) mass is 440 g/mol. The van der Waals surface area contributed by atoms with Crippen LogP contribution in [-0.4, -0.2) is 58.4 Å². The molecule has 7 nitrogen and oxygen atoms in total. The predicted molar refractivity (Wildman–Crippen MR) is 129 cm³/mol. The van der Waals surface area contributed by atoms with Gasteiger partial charge >= 0.3 is 0 Å². The number of benzene rings is 2. The largest absolute Gasteiger partial charge is 0.497 e. The van der Waals surface area contributed by atoms with Crippen LogP contribution in [0.4, 0.5) is 0 Å². The fraction of sp³-hybridized carbons (Fsp3) is 0.480. The highest BCUT2D eigenvalue weighted by molar-refractivity contribution is 5.79. The molecule has 0 radical (unpaired) electrons. The molecule has 3 rings (SSSR count). The Morgan fingerprint density at radius 2 is 1.84 bits per heavy atom. The van der Waals surface area contributed by atoms with Crippen molar-refractivity contribution in [3.63, 3.8) is 0 Å². The van der Waals surface area contributed by atoms with Gasteiger partial charge in [-0.15, -0.1) is 0 Å². The van der Waals surface area contributed by atoms with Gasteiger partial charge in [-0.25, -0.2) is 0 Å². The van der Waals surface area contributed by atoms with Gasteiger partial charge in [0.1, 0.15) is 5.75 Å². The fourth-order valence-electron chi connectivity index (χ4n) is 4.06. The van der Waals surface area contributed by atoms with E-state index in [1.165, 1.54) is 18.4 Å². The van der Waals surface area contributed by atoms with Gasteiger partial charge in [0.2, 0.25) is 0 Å². The predicted octanol–water partition coefficient (Wildman–Crippen LogP) is 3.60. The summed E-state index contributed by atoms with van der Waals surface area (Å²) in [7, 11) is 5.16. The van der Waals surface area contributed by atoms with Crippen LogP contribution in [0.2, 0.25) is 0 Å². The van der Waals surface area contributed by atoms with E-state index in [0.29, 0.717) is 13.2 Å². The zero-order valence-corrected chi connectivity index (χ0v) is 19.7. The van der Waals surface area contributed by atoms with E-state index in [4.69, 9.17) is 14.2 Å². The Kier molecular flexibility index (Phi) is 9.04. The minimum atomic E-state index is 0.261. The zero-order valence-electron chi connectivity index (χ0n) is 19.7. The van der Waals surface area contributed by atoms with Gasteiger partial charge in [0.15, 0.2) is 17.5 Å². The average Bonchev–Trinajstić information content (AvgIpc) is 3.36. The van der Waals surface area contributed by atoms with Crippen LogP contribution in [0.5, 0.6) is 17.2 Å². The third kappa shape index (κ3) is 6.29. The summed E-state index contributed by atoms with van der Waals surface area (Å²) in [6, 6.07) is 14.6. The van der Waals surface area contributed by atoms with E-state index in [1.807, 2.05) is 31.2 Å². The maximum Gasteiger partial charge on any atom is 0.191 e. The molecule has 1 fully saturated rings. The molecule has 0 aliphatic carbocycles. The molecule has 1 saturated heterocycles. The van der Waals surface area contributed by atoms with Crippen molar-refractivity contribution in [3.05, 3.63) is 53.6 Å². The Hall–Kier alpha value is -2.93. The molecule has 2 aromatic rings. The van der Waals surface area contributed by atoms with Crippen molar-refractivity contribution in [2.75, 3.05) is 47.5 Å². The highest BCUT2D eigenvalue weighted by Gasteiger charge is 2.24. The number of hydrogen-bond donors (Lipinski definition) is 2. The van der Waals surface area contributed by atoms with Crippen LogP contribution in [0.1, 0.15) is 36.9 Å². The van der Waals surface area contributed by atoms with Gasteiger partial charge in [0.05, 0.1) is 26.9 Å². The second-order valence-electron chi connectivity index (χ2n) is 7.76. The molecule has 0 amide bonds. The first-order valence-corrected chi connectivity index (χ1v) is 11.3. The number of rotatable bonds is 10. The molecule has 0 bridgehead atoms. The van der Waals surface area contributed by atoms with Crippen molar-refractivity contribution >= 4 is 5.96 Å². The molecule has 1 aliphatic heterocycles. The number of guanidine groups is 1. The maximum absolute atomic E-state index is 5.69. The SMILES string of the molecule is CCOc1cc(CNC(=NC)NCC(c2cccc(OC)c2)N2CCCC2)ccc1OC. The minimum absolute atomic E-state index is 0.261. The van der Waals surface area contributed by atoms with Gasteiger partial charge in [0, 0.05) is 20.1 Å². The molecule has 0 saturated carbocycles. The van der Waals surface area contributed by atoms with E-state index in [0.717, 1.165) is 48.4 Å². The smallest absolute Gasteiger partial charge is 0.191 e. The summed E-state index contributed by atoms with van der Waals surface area (Å²) in [4.78, 5) is 6.95. The summed E-state index contributed by atoms with van der Waals surface area (Å²) >= 11 is 0. The molecular formula is C25H36N4O3. The van der Waals surface area contributed by atoms with Crippen molar-refractivity contribution in [2.45, 2.75) is 32.4 Å². The fourth-order valence-corrected chi connectivity index (χ4v) is 4.06. The lowest BCUT2D eigenvalue weighted by atomic mass is 10.1. The van der Waals surface area contributed by atoms with Crippen LogP contribution in [-0.2, 0) is 6.54 Å². The first-order chi connectivity index (χ1) is 15.7. The minimum Gasteiger partial charge on any atom is -0.497 e.